The van der Waals surface area contributed by atoms with E-state index in [4.69, 9.17) is 5.84 Å². The predicted molar refractivity (Wildman–Crippen MR) is 69.6 cm³/mol. The van der Waals surface area contributed by atoms with Gasteiger partial charge in [-0.3, -0.25) is 5.84 Å². The van der Waals surface area contributed by atoms with Gasteiger partial charge < -0.3 is 0 Å². The fourth-order valence-corrected chi connectivity index (χ4v) is 2.29. The smallest absolute Gasteiger partial charge is 0.128 e. The van der Waals surface area contributed by atoms with Crippen LogP contribution in [0.15, 0.2) is 40.9 Å². The van der Waals surface area contributed by atoms with Gasteiger partial charge in [0.15, 0.2) is 0 Å². The van der Waals surface area contributed by atoms with Crippen molar-refractivity contribution in [1.82, 2.24) is 5.43 Å². The number of nitrogens with one attached hydrogen (secondary N) is 1. The van der Waals surface area contributed by atoms with Crippen molar-refractivity contribution in [3.8, 4) is 0 Å². The van der Waals surface area contributed by atoms with Gasteiger partial charge in [-0.15, -0.1) is 0 Å². The molecule has 0 fully saturated rings. The topological polar surface area (TPSA) is 38.0 Å². The second kappa shape index (κ2) is 5.73. The average molecular weight is 331 g/mol. The van der Waals surface area contributed by atoms with Gasteiger partial charge >= 0.3 is 0 Å². The van der Waals surface area contributed by atoms with Crippen molar-refractivity contribution in [2.75, 3.05) is 0 Å². The van der Waals surface area contributed by atoms with Crippen LogP contribution in [0.1, 0.15) is 17.2 Å². The molecular formula is C13H10BrF3N2. The molecule has 19 heavy (non-hydrogen) atoms. The van der Waals surface area contributed by atoms with Crippen LogP contribution >= 0.6 is 15.9 Å². The van der Waals surface area contributed by atoms with Crippen LogP contribution in [-0.4, -0.2) is 0 Å². The maximum Gasteiger partial charge on any atom is 0.128 e. The number of rotatable bonds is 3. The normalized spacial score (nSPS) is 12.5. The van der Waals surface area contributed by atoms with Crippen LogP contribution in [0.3, 0.4) is 0 Å². The van der Waals surface area contributed by atoms with Gasteiger partial charge in [-0.05, 0) is 42.0 Å². The molecule has 0 radical (unpaired) electrons. The van der Waals surface area contributed by atoms with E-state index in [1.807, 2.05) is 0 Å². The van der Waals surface area contributed by atoms with Crippen LogP contribution in [0.5, 0.6) is 0 Å². The number of hydrazine groups is 1. The van der Waals surface area contributed by atoms with Crippen molar-refractivity contribution in [1.29, 1.82) is 0 Å². The highest BCUT2D eigenvalue weighted by molar-refractivity contribution is 9.10. The molecule has 0 aliphatic carbocycles. The highest BCUT2D eigenvalue weighted by Crippen LogP contribution is 2.30. The minimum Gasteiger partial charge on any atom is -0.271 e. The summed E-state index contributed by atoms with van der Waals surface area (Å²) in [6.45, 7) is 0. The van der Waals surface area contributed by atoms with Crippen molar-refractivity contribution in [3.05, 3.63) is 69.4 Å². The summed E-state index contributed by atoms with van der Waals surface area (Å²) in [6.07, 6.45) is 0. The summed E-state index contributed by atoms with van der Waals surface area (Å²) in [7, 11) is 0. The predicted octanol–water partition coefficient (Wildman–Crippen LogP) is 3.42. The molecule has 3 N–H and O–H groups in total. The van der Waals surface area contributed by atoms with Gasteiger partial charge in [-0.2, -0.15) is 0 Å². The lowest BCUT2D eigenvalue weighted by molar-refractivity contribution is 0.541. The molecule has 0 bridgehead atoms. The van der Waals surface area contributed by atoms with E-state index in [1.54, 1.807) is 0 Å². The molecule has 2 rings (SSSR count). The van der Waals surface area contributed by atoms with Crippen LogP contribution in [0.2, 0.25) is 0 Å². The Kier molecular flexibility index (Phi) is 4.24. The first kappa shape index (κ1) is 14.0. The first-order valence-corrected chi connectivity index (χ1v) is 6.18. The summed E-state index contributed by atoms with van der Waals surface area (Å²) in [4.78, 5) is 0. The number of nitrogens with two attached hydrogens (primary N) is 1. The largest absolute Gasteiger partial charge is 0.271 e. The van der Waals surface area contributed by atoms with Gasteiger partial charge in [0.2, 0.25) is 0 Å². The molecule has 0 spiro atoms. The van der Waals surface area contributed by atoms with E-state index in [9.17, 15) is 13.2 Å². The molecule has 1 unspecified atom stereocenters. The van der Waals surface area contributed by atoms with E-state index in [2.05, 4.69) is 21.4 Å². The lowest BCUT2D eigenvalue weighted by Gasteiger charge is -2.19. The first-order chi connectivity index (χ1) is 9.02. The minimum atomic E-state index is -0.860. The Balaban J connectivity index is 2.55. The minimum absolute atomic E-state index is 0.00815. The van der Waals surface area contributed by atoms with E-state index in [1.165, 1.54) is 18.2 Å². The summed E-state index contributed by atoms with van der Waals surface area (Å²) in [6, 6.07) is 6.11. The zero-order chi connectivity index (χ0) is 14.0. The van der Waals surface area contributed by atoms with E-state index in [-0.39, 0.29) is 5.56 Å². The lowest BCUT2D eigenvalue weighted by Crippen LogP contribution is -2.30. The van der Waals surface area contributed by atoms with E-state index in [0.717, 1.165) is 18.2 Å². The molecule has 0 aromatic heterocycles. The van der Waals surface area contributed by atoms with Gasteiger partial charge in [0, 0.05) is 10.0 Å². The Labute approximate surface area is 116 Å². The van der Waals surface area contributed by atoms with Crippen molar-refractivity contribution in [2.24, 2.45) is 5.84 Å². The molecule has 2 aromatic carbocycles. The van der Waals surface area contributed by atoms with E-state index >= 15 is 0 Å². The molecular weight excluding hydrogens is 321 g/mol. The monoisotopic (exact) mass is 330 g/mol. The Morgan fingerprint density at radius 1 is 0.947 bits per heavy atom. The fraction of sp³-hybridized carbons (Fsp3) is 0.0769. The number of hydrogen-bond acceptors (Lipinski definition) is 2. The Morgan fingerprint density at radius 3 is 2.16 bits per heavy atom. The highest BCUT2D eigenvalue weighted by Gasteiger charge is 2.20. The molecule has 0 aliphatic rings. The molecule has 0 amide bonds. The number of benzene rings is 2. The molecule has 0 saturated heterocycles. The molecule has 1 atom stereocenters. The molecule has 2 aromatic rings. The van der Waals surface area contributed by atoms with Crippen LogP contribution in [0.4, 0.5) is 13.2 Å². The van der Waals surface area contributed by atoms with Gasteiger partial charge in [0.1, 0.15) is 17.5 Å². The van der Waals surface area contributed by atoms with Crippen molar-refractivity contribution in [2.45, 2.75) is 6.04 Å². The van der Waals surface area contributed by atoms with Crippen LogP contribution in [0, 0.1) is 17.5 Å². The Bertz CT molecular complexity index is 553. The Hall–Kier alpha value is -1.37. The summed E-state index contributed by atoms with van der Waals surface area (Å²) in [5.41, 5.74) is 2.76. The third-order valence-electron chi connectivity index (χ3n) is 2.70. The van der Waals surface area contributed by atoms with E-state index < -0.39 is 23.5 Å². The second-order valence-corrected chi connectivity index (χ2v) is 4.79. The van der Waals surface area contributed by atoms with Gasteiger partial charge in [0.05, 0.1) is 6.04 Å². The molecule has 0 saturated carbocycles. The summed E-state index contributed by atoms with van der Waals surface area (Å²) in [5, 5.41) is 0. The standard InChI is InChI=1S/C13H10BrF3N2/c14-11-3-1-7(15)5-9(11)13(19-18)10-6-8(16)2-4-12(10)17/h1-6,13,19H,18H2. The van der Waals surface area contributed by atoms with Crippen LogP contribution < -0.4 is 11.3 Å². The molecule has 100 valence electrons. The second-order valence-electron chi connectivity index (χ2n) is 3.93. The summed E-state index contributed by atoms with van der Waals surface area (Å²) < 4.78 is 40.8. The quantitative estimate of drug-likeness (QED) is 0.668. The van der Waals surface area contributed by atoms with Gasteiger partial charge in [-0.25, -0.2) is 18.6 Å². The average Bonchev–Trinajstić information content (AvgIpc) is 2.38. The zero-order valence-corrected chi connectivity index (χ0v) is 11.2. The summed E-state index contributed by atoms with van der Waals surface area (Å²) >= 11 is 3.23. The summed E-state index contributed by atoms with van der Waals surface area (Å²) in [5.74, 6) is 3.68. The Morgan fingerprint density at radius 2 is 1.53 bits per heavy atom. The van der Waals surface area contributed by atoms with Crippen molar-refractivity contribution >= 4 is 15.9 Å². The third-order valence-corrected chi connectivity index (χ3v) is 3.43. The number of halogens is 4. The van der Waals surface area contributed by atoms with Crippen LogP contribution in [0.25, 0.3) is 0 Å². The van der Waals surface area contributed by atoms with Gasteiger partial charge in [0.25, 0.3) is 0 Å². The maximum absolute atomic E-state index is 13.8. The maximum atomic E-state index is 13.8. The van der Waals surface area contributed by atoms with Crippen LogP contribution in [-0.2, 0) is 0 Å². The zero-order valence-electron chi connectivity index (χ0n) is 9.63. The lowest BCUT2D eigenvalue weighted by atomic mass is 9.98. The number of hydrogen-bond donors (Lipinski definition) is 2. The highest BCUT2D eigenvalue weighted by atomic mass is 79.9. The van der Waals surface area contributed by atoms with Gasteiger partial charge in [-0.1, -0.05) is 15.9 Å². The first-order valence-electron chi connectivity index (χ1n) is 5.39. The van der Waals surface area contributed by atoms with Crippen molar-refractivity contribution < 1.29 is 13.2 Å². The molecule has 0 aliphatic heterocycles. The SMILES string of the molecule is NNC(c1cc(F)ccc1F)c1cc(F)ccc1Br. The molecule has 2 nitrogen and oxygen atoms in total. The fourth-order valence-electron chi connectivity index (χ4n) is 1.82. The van der Waals surface area contributed by atoms with Crippen molar-refractivity contribution in [3.63, 3.8) is 0 Å². The molecule has 6 heteroatoms. The van der Waals surface area contributed by atoms with E-state index in [0.29, 0.717) is 10.0 Å². The third kappa shape index (κ3) is 2.97. The molecule has 0 heterocycles.